The van der Waals surface area contributed by atoms with Crippen molar-refractivity contribution in [2.24, 2.45) is 0 Å². The summed E-state index contributed by atoms with van der Waals surface area (Å²) in [5, 5.41) is 14.1. The number of fused-ring (bicyclic) bond motifs is 2. The number of hydrogen-bond acceptors (Lipinski definition) is 5. The Labute approximate surface area is 163 Å². The molecule has 1 fully saturated rings. The highest BCUT2D eigenvalue weighted by Gasteiger charge is 2.27. The maximum Gasteiger partial charge on any atom is 0.147 e. The van der Waals surface area contributed by atoms with E-state index < -0.39 is 0 Å². The number of nitrogens with zero attached hydrogens (tertiary/aromatic N) is 5. The average molecular weight is 383 g/mol. The molecule has 1 N–H and O–H groups in total. The van der Waals surface area contributed by atoms with E-state index in [0.717, 1.165) is 73.9 Å². The fourth-order valence-electron chi connectivity index (χ4n) is 4.33. The van der Waals surface area contributed by atoms with Gasteiger partial charge in [-0.3, -0.25) is 9.88 Å². The summed E-state index contributed by atoms with van der Waals surface area (Å²) >= 11 is 6.33. The van der Waals surface area contributed by atoms with Crippen LogP contribution in [0.1, 0.15) is 36.0 Å². The highest BCUT2D eigenvalue weighted by Crippen LogP contribution is 2.30. The number of piperidine rings is 1. The number of hydrogen-bond donors (Lipinski definition) is 1. The van der Waals surface area contributed by atoms with E-state index in [2.05, 4.69) is 36.0 Å². The van der Waals surface area contributed by atoms with E-state index in [1.807, 2.05) is 24.4 Å². The van der Waals surface area contributed by atoms with Crippen molar-refractivity contribution < 1.29 is 0 Å². The molecule has 5 rings (SSSR count). The molecule has 2 aromatic heterocycles. The van der Waals surface area contributed by atoms with Gasteiger partial charge in [-0.2, -0.15) is 0 Å². The van der Waals surface area contributed by atoms with Gasteiger partial charge in [0.25, 0.3) is 0 Å². The summed E-state index contributed by atoms with van der Waals surface area (Å²) in [4.78, 5) is 7.09. The number of nitrogens with one attached hydrogen (secondary N) is 1. The first-order chi connectivity index (χ1) is 13.3. The Kier molecular flexibility index (Phi) is 4.55. The second-order valence-corrected chi connectivity index (χ2v) is 7.87. The van der Waals surface area contributed by atoms with Gasteiger partial charge in [-0.15, -0.1) is 10.2 Å². The topological polar surface area (TPSA) is 58.9 Å². The predicted octanol–water partition coefficient (Wildman–Crippen LogP) is 2.96. The van der Waals surface area contributed by atoms with Crippen molar-refractivity contribution in [1.29, 1.82) is 0 Å². The lowest BCUT2D eigenvalue weighted by atomic mass is 9.95. The molecule has 7 heteroatoms. The maximum atomic E-state index is 6.33. The van der Waals surface area contributed by atoms with Crippen LogP contribution in [0.25, 0.3) is 10.9 Å². The average Bonchev–Trinajstić information content (AvgIpc) is 3.15. The second kappa shape index (κ2) is 7.19. The summed E-state index contributed by atoms with van der Waals surface area (Å²) in [6.07, 6.45) is 4.10. The van der Waals surface area contributed by atoms with Gasteiger partial charge in [-0.05, 0) is 49.7 Å². The molecule has 0 amide bonds. The minimum absolute atomic E-state index is 0.515. The number of aromatic nitrogens is 4. The van der Waals surface area contributed by atoms with Crippen molar-refractivity contribution in [3.63, 3.8) is 0 Å². The minimum Gasteiger partial charge on any atom is -0.312 e. The highest BCUT2D eigenvalue weighted by atomic mass is 35.5. The highest BCUT2D eigenvalue weighted by molar-refractivity contribution is 6.35. The van der Waals surface area contributed by atoms with E-state index in [0.29, 0.717) is 5.92 Å². The van der Waals surface area contributed by atoms with E-state index in [-0.39, 0.29) is 0 Å². The normalized spacial score (nSPS) is 18.7. The predicted molar refractivity (Wildman–Crippen MR) is 106 cm³/mol. The molecule has 4 heterocycles. The van der Waals surface area contributed by atoms with E-state index in [1.165, 1.54) is 11.4 Å². The zero-order chi connectivity index (χ0) is 18.2. The zero-order valence-electron chi connectivity index (χ0n) is 15.2. The van der Waals surface area contributed by atoms with Crippen LogP contribution in [0.2, 0.25) is 5.02 Å². The summed E-state index contributed by atoms with van der Waals surface area (Å²) in [5.74, 6) is 2.78. The number of likely N-dealkylation sites (tertiary alicyclic amines) is 1. The van der Waals surface area contributed by atoms with Crippen LogP contribution in [0.5, 0.6) is 0 Å². The molecule has 6 nitrogen and oxygen atoms in total. The standard InChI is InChI=1S/C20H23ClN6/c21-17-4-3-15(19-16(17)2-1-7-23-19)13-26-9-5-14(6-10-26)20-25-24-18-12-22-8-11-27(18)20/h1-4,7,14,22H,5-6,8-13H2. The molecular weight excluding hydrogens is 360 g/mol. The van der Waals surface area contributed by atoms with Gasteiger partial charge in [-0.25, -0.2) is 0 Å². The SMILES string of the molecule is Clc1ccc(CN2CCC(c3nnc4n3CCNC4)CC2)c2ncccc12. The fourth-order valence-corrected chi connectivity index (χ4v) is 4.55. The van der Waals surface area contributed by atoms with Crippen LogP contribution in [0.15, 0.2) is 30.5 Å². The lowest BCUT2D eigenvalue weighted by molar-refractivity contribution is 0.200. The van der Waals surface area contributed by atoms with Crippen LogP contribution in [0, 0.1) is 0 Å². The van der Waals surface area contributed by atoms with Crippen LogP contribution < -0.4 is 5.32 Å². The summed E-state index contributed by atoms with van der Waals surface area (Å²) in [5.41, 5.74) is 2.27. The Hall–Kier alpha value is -2.02. The lowest BCUT2D eigenvalue weighted by Crippen LogP contribution is -2.34. The fraction of sp³-hybridized carbons (Fsp3) is 0.450. The lowest BCUT2D eigenvalue weighted by Gasteiger charge is -2.32. The van der Waals surface area contributed by atoms with Gasteiger partial charge >= 0.3 is 0 Å². The van der Waals surface area contributed by atoms with Crippen molar-refractivity contribution in [2.45, 2.75) is 38.4 Å². The Morgan fingerprint density at radius 2 is 2.00 bits per heavy atom. The van der Waals surface area contributed by atoms with Gasteiger partial charge in [0.2, 0.25) is 0 Å². The molecule has 140 valence electrons. The Morgan fingerprint density at radius 1 is 1.11 bits per heavy atom. The first-order valence-corrected chi connectivity index (χ1v) is 10.0. The van der Waals surface area contributed by atoms with Crippen LogP contribution in [-0.2, 0) is 19.6 Å². The monoisotopic (exact) mass is 382 g/mol. The molecule has 1 saturated heterocycles. The molecule has 0 spiro atoms. The molecule has 2 aliphatic heterocycles. The van der Waals surface area contributed by atoms with Gasteiger partial charge in [0.15, 0.2) is 0 Å². The smallest absolute Gasteiger partial charge is 0.147 e. The van der Waals surface area contributed by atoms with Gasteiger partial charge < -0.3 is 9.88 Å². The molecule has 0 unspecified atom stereocenters. The van der Waals surface area contributed by atoms with Crippen molar-refractivity contribution >= 4 is 22.5 Å². The first-order valence-electron chi connectivity index (χ1n) is 9.67. The molecule has 27 heavy (non-hydrogen) atoms. The Bertz CT molecular complexity index is 960. The van der Waals surface area contributed by atoms with Crippen molar-refractivity contribution in [3.05, 3.63) is 52.7 Å². The maximum absolute atomic E-state index is 6.33. The van der Waals surface area contributed by atoms with E-state index >= 15 is 0 Å². The van der Waals surface area contributed by atoms with Crippen LogP contribution in [0.3, 0.4) is 0 Å². The molecule has 2 aliphatic rings. The van der Waals surface area contributed by atoms with Crippen molar-refractivity contribution in [1.82, 2.24) is 30.0 Å². The number of halogens is 1. The van der Waals surface area contributed by atoms with Crippen LogP contribution in [0.4, 0.5) is 0 Å². The van der Waals surface area contributed by atoms with E-state index in [9.17, 15) is 0 Å². The summed E-state index contributed by atoms with van der Waals surface area (Å²) in [7, 11) is 0. The summed E-state index contributed by atoms with van der Waals surface area (Å²) < 4.78 is 2.33. The Balaban J connectivity index is 1.29. The molecule has 0 atom stereocenters. The van der Waals surface area contributed by atoms with Crippen LogP contribution >= 0.6 is 11.6 Å². The Morgan fingerprint density at radius 3 is 2.89 bits per heavy atom. The number of pyridine rings is 1. The zero-order valence-corrected chi connectivity index (χ0v) is 16.0. The van der Waals surface area contributed by atoms with E-state index in [1.54, 1.807) is 0 Å². The summed E-state index contributed by atoms with van der Waals surface area (Å²) in [6, 6.07) is 8.10. The molecule has 3 aromatic rings. The molecular formula is C20H23ClN6. The third-order valence-corrected chi connectivity index (χ3v) is 6.13. The van der Waals surface area contributed by atoms with Crippen molar-refractivity contribution in [2.75, 3.05) is 19.6 Å². The van der Waals surface area contributed by atoms with Crippen molar-refractivity contribution in [3.8, 4) is 0 Å². The van der Waals surface area contributed by atoms with Gasteiger partial charge in [-0.1, -0.05) is 17.7 Å². The van der Waals surface area contributed by atoms with Gasteiger partial charge in [0.1, 0.15) is 11.6 Å². The molecule has 0 saturated carbocycles. The second-order valence-electron chi connectivity index (χ2n) is 7.46. The number of rotatable bonds is 3. The third kappa shape index (κ3) is 3.22. The molecule has 0 radical (unpaired) electrons. The largest absolute Gasteiger partial charge is 0.312 e. The molecule has 0 aliphatic carbocycles. The number of benzene rings is 1. The van der Waals surface area contributed by atoms with Gasteiger partial charge in [0, 0.05) is 42.2 Å². The molecule has 0 bridgehead atoms. The third-order valence-electron chi connectivity index (χ3n) is 5.80. The molecule has 1 aromatic carbocycles. The minimum atomic E-state index is 0.515. The first kappa shape index (κ1) is 17.1. The quantitative estimate of drug-likeness (QED) is 0.754. The van der Waals surface area contributed by atoms with Crippen LogP contribution in [-0.4, -0.2) is 44.3 Å². The summed E-state index contributed by atoms with van der Waals surface area (Å²) in [6.45, 7) is 5.89. The van der Waals surface area contributed by atoms with Gasteiger partial charge in [0.05, 0.1) is 12.1 Å². The van der Waals surface area contributed by atoms with E-state index in [4.69, 9.17) is 11.6 Å².